The molecule has 0 N–H and O–H groups in total. The van der Waals surface area contributed by atoms with Gasteiger partial charge in [0.2, 0.25) is 6.29 Å². The molecule has 0 unspecified atom stereocenters. The maximum absolute atomic E-state index is 12.8. The van der Waals surface area contributed by atoms with E-state index in [9.17, 15) is 9.59 Å². The molecule has 1 aromatic carbocycles. The second kappa shape index (κ2) is 4.52. The number of ketones is 2. The Kier molecular flexibility index (Phi) is 2.65. The Labute approximate surface area is 133 Å². The number of carbonyl (C=O) groups is 2. The minimum atomic E-state index is -0.751. The molecule has 0 amide bonds. The van der Waals surface area contributed by atoms with Crippen LogP contribution >= 0.6 is 0 Å². The molecule has 5 rings (SSSR count). The highest BCUT2D eigenvalue weighted by atomic mass is 16.7. The molecular weight excluding hydrogens is 294 g/mol. The van der Waals surface area contributed by atoms with Crippen molar-refractivity contribution in [3.05, 3.63) is 35.9 Å². The summed E-state index contributed by atoms with van der Waals surface area (Å²) in [5.74, 6) is -0.319. The molecule has 0 radical (unpaired) electrons. The van der Waals surface area contributed by atoms with Gasteiger partial charge in [0, 0.05) is 11.6 Å². The minimum absolute atomic E-state index is 0.0217. The summed E-state index contributed by atoms with van der Waals surface area (Å²) in [6.07, 6.45) is 3.19. The van der Waals surface area contributed by atoms with Gasteiger partial charge in [0.1, 0.15) is 0 Å². The van der Waals surface area contributed by atoms with Crippen molar-refractivity contribution in [2.45, 2.75) is 31.4 Å². The molecule has 4 aliphatic heterocycles. The van der Waals surface area contributed by atoms with Crippen LogP contribution in [0.25, 0.3) is 6.08 Å². The second-order valence-corrected chi connectivity index (χ2v) is 6.72. The molecule has 2 bridgehead atoms. The molecule has 0 spiro atoms. The van der Waals surface area contributed by atoms with Crippen molar-refractivity contribution in [1.29, 1.82) is 0 Å². The summed E-state index contributed by atoms with van der Waals surface area (Å²) in [6.45, 7) is 2.00. The lowest BCUT2D eigenvalue weighted by atomic mass is 9.78. The number of carbonyl (C=O) groups excluding carboxylic acids is 2. The maximum atomic E-state index is 12.8. The van der Waals surface area contributed by atoms with E-state index in [-0.39, 0.29) is 41.6 Å². The lowest BCUT2D eigenvalue weighted by Crippen LogP contribution is -2.48. The fourth-order valence-corrected chi connectivity index (χ4v) is 4.74. The minimum Gasteiger partial charge on any atom is -0.353 e. The van der Waals surface area contributed by atoms with E-state index in [1.807, 2.05) is 24.3 Å². The van der Waals surface area contributed by atoms with Gasteiger partial charge in [0.05, 0.1) is 30.7 Å². The average Bonchev–Trinajstić information content (AvgIpc) is 3.13. The zero-order chi connectivity index (χ0) is 15.7. The third kappa shape index (κ3) is 1.64. The molecule has 0 aromatic heterocycles. The molecule has 0 saturated carbocycles. The van der Waals surface area contributed by atoms with E-state index in [2.05, 4.69) is 17.1 Å². The van der Waals surface area contributed by atoms with Gasteiger partial charge in [-0.2, -0.15) is 0 Å². The zero-order valence-corrected chi connectivity index (χ0v) is 12.7. The summed E-state index contributed by atoms with van der Waals surface area (Å²) in [4.78, 5) is 27.4. The second-order valence-electron chi connectivity index (χ2n) is 6.72. The number of rotatable bonds is 1. The summed E-state index contributed by atoms with van der Waals surface area (Å²) in [6, 6.07) is 7.59. The summed E-state index contributed by atoms with van der Waals surface area (Å²) in [5, 5.41) is 0. The first-order chi connectivity index (χ1) is 11.2. The summed E-state index contributed by atoms with van der Waals surface area (Å²) in [5.41, 5.74) is 2.11. The van der Waals surface area contributed by atoms with Crippen LogP contribution in [0.4, 0.5) is 5.69 Å². The fourth-order valence-electron chi connectivity index (χ4n) is 4.74. The number of hydrogen-bond donors (Lipinski definition) is 0. The predicted octanol–water partition coefficient (Wildman–Crippen LogP) is 1.42. The molecule has 5 nitrogen and oxygen atoms in total. The first-order valence-electron chi connectivity index (χ1n) is 8.03. The van der Waals surface area contributed by atoms with Gasteiger partial charge < -0.3 is 14.4 Å². The molecule has 23 heavy (non-hydrogen) atoms. The Morgan fingerprint density at radius 1 is 1.30 bits per heavy atom. The number of benzene rings is 1. The quantitative estimate of drug-likeness (QED) is 0.785. The summed E-state index contributed by atoms with van der Waals surface area (Å²) >= 11 is 0. The third-order valence-electron chi connectivity index (χ3n) is 5.57. The Hall–Kier alpha value is -1.98. The molecule has 3 fully saturated rings. The topological polar surface area (TPSA) is 55.8 Å². The van der Waals surface area contributed by atoms with Crippen molar-refractivity contribution in [3.8, 4) is 0 Å². The van der Waals surface area contributed by atoms with Gasteiger partial charge in [0.25, 0.3) is 0 Å². The molecule has 4 heterocycles. The highest BCUT2D eigenvalue weighted by Gasteiger charge is 2.62. The van der Waals surface area contributed by atoms with E-state index in [1.54, 1.807) is 6.92 Å². The maximum Gasteiger partial charge on any atom is 0.218 e. The fraction of sp³-hybridized carbons (Fsp3) is 0.444. The monoisotopic (exact) mass is 311 g/mol. The molecule has 118 valence electrons. The first-order valence-corrected chi connectivity index (χ1v) is 8.03. The normalized spacial score (nSPS) is 39.9. The number of fused-ring (bicyclic) bond motifs is 8. The Morgan fingerprint density at radius 3 is 2.96 bits per heavy atom. The number of hydrogen-bond acceptors (Lipinski definition) is 5. The SMILES string of the molecule is CC(=O)[C@H]1[C@H]2[C@H](C(=O)[C@H]3OC[C@@H]2O3)[C@H]2C=Cc3ccccc3N21. The van der Waals surface area contributed by atoms with Crippen LogP contribution in [0.3, 0.4) is 0 Å². The van der Waals surface area contributed by atoms with Crippen LogP contribution in [0.1, 0.15) is 12.5 Å². The van der Waals surface area contributed by atoms with Gasteiger partial charge in [-0.1, -0.05) is 30.4 Å². The lowest BCUT2D eigenvalue weighted by Gasteiger charge is -2.35. The zero-order valence-electron chi connectivity index (χ0n) is 12.7. The van der Waals surface area contributed by atoms with E-state index >= 15 is 0 Å². The molecule has 3 saturated heterocycles. The van der Waals surface area contributed by atoms with Gasteiger partial charge in [-0.3, -0.25) is 9.59 Å². The largest absolute Gasteiger partial charge is 0.353 e. The standard InChI is InChI=1S/C18H17NO4/c1-9(20)16-15-13-8-22-18(23-13)17(21)14(15)12-7-6-10-4-2-3-5-11(10)19(12)16/h2-7,12-16,18H,8H2,1H3/t12-,13+,14-,15-,16+,18+/m1/s1. The number of Topliss-reactive ketones (excluding diaryl/α,β-unsaturated/α-hetero) is 2. The Balaban J connectivity index is 1.69. The van der Waals surface area contributed by atoms with Crippen LogP contribution in [0.15, 0.2) is 30.3 Å². The highest BCUT2D eigenvalue weighted by Crippen LogP contribution is 2.50. The van der Waals surface area contributed by atoms with Crippen molar-refractivity contribution < 1.29 is 19.1 Å². The summed E-state index contributed by atoms with van der Waals surface area (Å²) < 4.78 is 11.2. The van der Waals surface area contributed by atoms with Crippen LogP contribution in [-0.4, -0.2) is 42.7 Å². The first kappa shape index (κ1) is 13.5. The van der Waals surface area contributed by atoms with Crippen LogP contribution in [0.5, 0.6) is 0 Å². The van der Waals surface area contributed by atoms with Crippen molar-refractivity contribution in [2.75, 3.05) is 11.5 Å². The van der Waals surface area contributed by atoms with Crippen LogP contribution in [0.2, 0.25) is 0 Å². The molecule has 0 aliphatic carbocycles. The van der Waals surface area contributed by atoms with E-state index in [0.717, 1.165) is 11.3 Å². The average molecular weight is 311 g/mol. The van der Waals surface area contributed by atoms with Gasteiger partial charge in [-0.05, 0) is 18.6 Å². The molecule has 5 heteroatoms. The molecule has 1 aromatic rings. The van der Waals surface area contributed by atoms with E-state index in [4.69, 9.17) is 9.47 Å². The van der Waals surface area contributed by atoms with Crippen LogP contribution in [-0.2, 0) is 19.1 Å². The van der Waals surface area contributed by atoms with E-state index < -0.39 is 6.29 Å². The van der Waals surface area contributed by atoms with E-state index in [1.165, 1.54) is 0 Å². The van der Waals surface area contributed by atoms with Gasteiger partial charge in [-0.25, -0.2) is 0 Å². The third-order valence-corrected chi connectivity index (χ3v) is 5.57. The highest BCUT2D eigenvalue weighted by molar-refractivity contribution is 5.95. The number of para-hydroxylation sites is 1. The van der Waals surface area contributed by atoms with Crippen molar-refractivity contribution >= 4 is 23.3 Å². The smallest absolute Gasteiger partial charge is 0.218 e. The van der Waals surface area contributed by atoms with Gasteiger partial charge in [-0.15, -0.1) is 0 Å². The number of anilines is 1. The molecule has 4 aliphatic rings. The Morgan fingerprint density at radius 2 is 2.13 bits per heavy atom. The number of ether oxygens (including phenoxy) is 2. The molecule has 6 atom stereocenters. The molecular formula is C18H17NO4. The van der Waals surface area contributed by atoms with Crippen LogP contribution < -0.4 is 4.90 Å². The van der Waals surface area contributed by atoms with Gasteiger partial charge in [0.15, 0.2) is 11.6 Å². The van der Waals surface area contributed by atoms with Crippen LogP contribution in [0, 0.1) is 11.8 Å². The Bertz CT molecular complexity index is 742. The number of nitrogens with zero attached hydrogens (tertiary/aromatic N) is 1. The van der Waals surface area contributed by atoms with Gasteiger partial charge >= 0.3 is 0 Å². The lowest BCUT2D eigenvalue weighted by molar-refractivity contribution is -0.164. The van der Waals surface area contributed by atoms with Crippen molar-refractivity contribution in [3.63, 3.8) is 0 Å². The van der Waals surface area contributed by atoms with E-state index in [0.29, 0.717) is 6.61 Å². The van der Waals surface area contributed by atoms with Crippen molar-refractivity contribution in [1.82, 2.24) is 0 Å². The van der Waals surface area contributed by atoms with Crippen molar-refractivity contribution in [2.24, 2.45) is 11.8 Å². The predicted molar refractivity (Wildman–Crippen MR) is 82.8 cm³/mol. The summed E-state index contributed by atoms with van der Waals surface area (Å²) in [7, 11) is 0.